The van der Waals surface area contributed by atoms with Gasteiger partial charge in [-0.05, 0) is 30.8 Å². The summed E-state index contributed by atoms with van der Waals surface area (Å²) in [4.78, 5) is 10.5. The second kappa shape index (κ2) is 9.71. The number of unbranched alkanes of at least 4 members (excludes halogenated alkanes) is 1. The number of carboxylic acid groups (broad SMARTS) is 1. The number of hydrazone groups is 1. The summed E-state index contributed by atoms with van der Waals surface area (Å²) in [6.07, 6.45) is 3.66. The maximum absolute atomic E-state index is 10.5. The summed E-state index contributed by atoms with van der Waals surface area (Å²) < 4.78 is 5.17. The molecule has 0 fully saturated rings. The Morgan fingerprint density at radius 3 is 2.95 bits per heavy atom. The number of carboxylic acids is 1. The van der Waals surface area contributed by atoms with Crippen molar-refractivity contribution in [2.24, 2.45) is 5.10 Å². The maximum Gasteiger partial charge on any atom is 0.341 e. The summed E-state index contributed by atoms with van der Waals surface area (Å²) in [5.74, 6) is -0.573. The molecule has 1 aromatic carbocycles. The minimum atomic E-state index is -1.03. The molecule has 0 atom stereocenters. The van der Waals surface area contributed by atoms with Gasteiger partial charge in [0.15, 0.2) is 11.7 Å². The van der Waals surface area contributed by atoms with E-state index in [4.69, 9.17) is 22.1 Å². The summed E-state index contributed by atoms with van der Waals surface area (Å²) in [7, 11) is 0. The van der Waals surface area contributed by atoms with Crippen LogP contribution in [0.25, 0.3) is 0 Å². The van der Waals surface area contributed by atoms with Crippen molar-refractivity contribution in [1.82, 2.24) is 10.7 Å². The lowest BCUT2D eigenvalue weighted by Gasteiger charge is -2.07. The van der Waals surface area contributed by atoms with E-state index in [-0.39, 0.29) is 0 Å². The monoisotopic (exact) mass is 309 g/mol. The molecule has 21 heavy (non-hydrogen) atoms. The van der Waals surface area contributed by atoms with Gasteiger partial charge < -0.3 is 15.2 Å². The van der Waals surface area contributed by atoms with E-state index in [1.165, 1.54) is 6.21 Å². The molecule has 0 bridgehead atoms. The molecule has 7 heteroatoms. The van der Waals surface area contributed by atoms with Gasteiger partial charge in [-0.15, -0.1) is 0 Å². The molecule has 6 nitrogen and oxygen atoms in total. The van der Waals surface area contributed by atoms with E-state index in [1.807, 2.05) is 6.07 Å². The lowest BCUT2D eigenvalue weighted by Crippen LogP contribution is -2.32. The van der Waals surface area contributed by atoms with Crippen LogP contribution in [0.15, 0.2) is 29.4 Å². The normalized spacial score (nSPS) is 10.3. The molecule has 0 spiro atoms. The smallest absolute Gasteiger partial charge is 0.341 e. The number of carbonyl (C=O) groups is 1. The van der Waals surface area contributed by atoms with E-state index in [9.17, 15) is 4.79 Å². The average Bonchev–Trinajstić information content (AvgIpc) is 2.46. The topological polar surface area (TPSA) is 83.0 Å². The third kappa shape index (κ3) is 7.26. The van der Waals surface area contributed by atoms with Gasteiger partial charge in [-0.2, -0.15) is 5.10 Å². The van der Waals surface area contributed by atoms with E-state index in [0.717, 1.165) is 19.4 Å². The van der Waals surface area contributed by atoms with Crippen molar-refractivity contribution in [3.8, 4) is 5.75 Å². The summed E-state index contributed by atoms with van der Waals surface area (Å²) in [6.45, 7) is 2.51. The molecule has 0 aromatic heterocycles. The highest BCUT2D eigenvalue weighted by molar-refractivity contribution is 7.80. The van der Waals surface area contributed by atoms with E-state index >= 15 is 0 Å². The molecule has 0 aliphatic rings. The molecular formula is C14H19N3O3S. The fraction of sp³-hybridized carbons (Fsp3) is 0.357. The van der Waals surface area contributed by atoms with E-state index in [0.29, 0.717) is 16.4 Å². The van der Waals surface area contributed by atoms with Crippen LogP contribution in [0.3, 0.4) is 0 Å². The van der Waals surface area contributed by atoms with Gasteiger partial charge in [0.05, 0.1) is 6.21 Å². The quantitative estimate of drug-likeness (QED) is 0.294. The van der Waals surface area contributed by atoms with Crippen LogP contribution >= 0.6 is 12.2 Å². The van der Waals surface area contributed by atoms with Gasteiger partial charge in [-0.3, -0.25) is 5.43 Å². The van der Waals surface area contributed by atoms with Crippen LogP contribution in [-0.4, -0.2) is 35.6 Å². The average molecular weight is 309 g/mol. The largest absolute Gasteiger partial charge is 0.481 e. The Labute approximate surface area is 129 Å². The van der Waals surface area contributed by atoms with Gasteiger partial charge >= 0.3 is 5.97 Å². The first-order valence-corrected chi connectivity index (χ1v) is 7.04. The van der Waals surface area contributed by atoms with E-state index in [1.54, 1.807) is 18.2 Å². The number of hydrogen-bond donors (Lipinski definition) is 3. The van der Waals surface area contributed by atoms with Crippen molar-refractivity contribution in [2.45, 2.75) is 19.8 Å². The molecule has 0 unspecified atom stereocenters. The first-order valence-electron chi connectivity index (χ1n) is 6.64. The first kappa shape index (κ1) is 16.9. The number of nitrogens with zero attached hydrogens (tertiary/aromatic N) is 1. The molecule has 0 saturated heterocycles. The molecule has 3 N–H and O–H groups in total. The van der Waals surface area contributed by atoms with E-state index < -0.39 is 12.6 Å². The SMILES string of the molecule is CCCCNC(=S)NN=Cc1ccccc1OCC(=O)O. The first-order chi connectivity index (χ1) is 10.1. The van der Waals surface area contributed by atoms with Crippen molar-refractivity contribution in [1.29, 1.82) is 0 Å². The van der Waals surface area contributed by atoms with Gasteiger partial charge in [0.25, 0.3) is 0 Å². The van der Waals surface area contributed by atoms with E-state index in [2.05, 4.69) is 22.8 Å². The van der Waals surface area contributed by atoms with Crippen molar-refractivity contribution in [3.63, 3.8) is 0 Å². The van der Waals surface area contributed by atoms with Gasteiger partial charge in [0, 0.05) is 12.1 Å². The highest BCUT2D eigenvalue weighted by atomic mass is 32.1. The predicted molar refractivity (Wildman–Crippen MR) is 85.8 cm³/mol. The Kier molecular flexibility index (Phi) is 7.81. The fourth-order valence-corrected chi connectivity index (χ4v) is 1.59. The zero-order chi connectivity index (χ0) is 15.5. The zero-order valence-electron chi connectivity index (χ0n) is 11.8. The molecule has 0 saturated carbocycles. The highest BCUT2D eigenvalue weighted by Gasteiger charge is 2.03. The summed E-state index contributed by atoms with van der Waals surface area (Å²) in [6, 6.07) is 7.03. The Balaban J connectivity index is 2.51. The second-order valence-electron chi connectivity index (χ2n) is 4.20. The molecule has 1 aromatic rings. The third-order valence-electron chi connectivity index (χ3n) is 2.46. The zero-order valence-corrected chi connectivity index (χ0v) is 12.7. The second-order valence-corrected chi connectivity index (χ2v) is 4.61. The standard InChI is InChI=1S/C14H19N3O3S/c1-2-3-8-15-14(21)17-16-9-11-6-4-5-7-12(11)20-10-13(18)19/h4-7,9H,2-3,8,10H2,1H3,(H,18,19)(H2,15,17,21). The predicted octanol–water partition coefficient (Wildman–Crippen LogP) is 1.75. The van der Waals surface area contributed by atoms with Crippen molar-refractivity contribution in [3.05, 3.63) is 29.8 Å². The van der Waals surface area contributed by atoms with Crippen molar-refractivity contribution < 1.29 is 14.6 Å². The number of nitrogens with one attached hydrogen (secondary N) is 2. The molecule has 0 aliphatic carbocycles. The number of rotatable bonds is 8. The van der Waals surface area contributed by atoms with Crippen LogP contribution in [0.1, 0.15) is 25.3 Å². The Morgan fingerprint density at radius 2 is 2.24 bits per heavy atom. The number of para-hydroxylation sites is 1. The molecule has 0 radical (unpaired) electrons. The number of hydrogen-bond acceptors (Lipinski definition) is 4. The van der Waals surface area contributed by atoms with Crippen molar-refractivity contribution >= 4 is 29.5 Å². The van der Waals surface area contributed by atoms with Gasteiger partial charge in [0.1, 0.15) is 5.75 Å². The minimum absolute atomic E-state index is 0.394. The fourth-order valence-electron chi connectivity index (χ4n) is 1.44. The lowest BCUT2D eigenvalue weighted by atomic mass is 10.2. The summed E-state index contributed by atoms with van der Waals surface area (Å²) >= 11 is 5.06. The Bertz CT molecular complexity index is 506. The molecule has 114 valence electrons. The molecule has 1 rings (SSSR count). The number of benzene rings is 1. The maximum atomic E-state index is 10.5. The van der Waals surface area contributed by atoms with Crippen LogP contribution in [0.4, 0.5) is 0 Å². The Morgan fingerprint density at radius 1 is 1.48 bits per heavy atom. The van der Waals surface area contributed by atoms with Crippen LogP contribution in [0.5, 0.6) is 5.75 Å². The van der Waals surface area contributed by atoms with Crippen LogP contribution in [0.2, 0.25) is 0 Å². The number of ether oxygens (including phenoxy) is 1. The van der Waals surface area contributed by atoms with Gasteiger partial charge in [-0.1, -0.05) is 25.5 Å². The Hall–Kier alpha value is -2.15. The molecular weight excluding hydrogens is 290 g/mol. The molecule has 0 aliphatic heterocycles. The van der Waals surface area contributed by atoms with Crippen molar-refractivity contribution in [2.75, 3.05) is 13.2 Å². The van der Waals surface area contributed by atoms with Crippen LogP contribution < -0.4 is 15.5 Å². The van der Waals surface area contributed by atoms with Crippen LogP contribution in [0, 0.1) is 0 Å². The third-order valence-corrected chi connectivity index (χ3v) is 2.69. The van der Waals surface area contributed by atoms with Gasteiger partial charge in [0.2, 0.25) is 0 Å². The molecule has 0 amide bonds. The number of aliphatic carboxylic acids is 1. The highest BCUT2D eigenvalue weighted by Crippen LogP contribution is 2.15. The summed E-state index contributed by atoms with van der Waals surface area (Å²) in [5, 5.41) is 16.1. The summed E-state index contributed by atoms with van der Waals surface area (Å²) in [5.41, 5.74) is 3.37. The number of thiocarbonyl (C=S) groups is 1. The van der Waals surface area contributed by atoms with Crippen LogP contribution in [-0.2, 0) is 4.79 Å². The lowest BCUT2D eigenvalue weighted by molar-refractivity contribution is -0.139. The van der Waals surface area contributed by atoms with Gasteiger partial charge in [-0.25, -0.2) is 4.79 Å². The minimum Gasteiger partial charge on any atom is -0.481 e. The molecule has 0 heterocycles.